The van der Waals surface area contributed by atoms with Crippen LogP contribution in [0.25, 0.3) is 0 Å². The van der Waals surface area contributed by atoms with Crippen LogP contribution in [0.15, 0.2) is 35.5 Å². The summed E-state index contributed by atoms with van der Waals surface area (Å²) >= 11 is 0. The van der Waals surface area contributed by atoms with Crippen LogP contribution < -0.4 is 5.32 Å². The number of rotatable bonds is 6. The molecule has 15 heavy (non-hydrogen) atoms. The van der Waals surface area contributed by atoms with Crippen LogP contribution in [-0.4, -0.2) is 19.3 Å². The fourth-order valence-electron chi connectivity index (χ4n) is 0.985. The zero-order chi connectivity index (χ0) is 10.8. The molecule has 0 spiro atoms. The highest BCUT2D eigenvalue weighted by Gasteiger charge is 1.88. The lowest BCUT2D eigenvalue weighted by Crippen LogP contribution is -2.16. The first-order chi connectivity index (χ1) is 7.43. The van der Waals surface area contributed by atoms with Crippen molar-refractivity contribution in [3.63, 3.8) is 0 Å². The number of hydrogen-bond acceptors (Lipinski definition) is 3. The van der Waals surface area contributed by atoms with E-state index in [1.54, 1.807) is 6.21 Å². The molecule has 78 valence electrons. The van der Waals surface area contributed by atoms with Crippen molar-refractivity contribution in [1.82, 2.24) is 5.32 Å². The van der Waals surface area contributed by atoms with Gasteiger partial charge in [-0.05, 0) is 5.56 Å². The average molecular weight is 202 g/mol. The minimum Gasteiger partial charge on any atom is -0.391 e. The third-order valence-electron chi connectivity index (χ3n) is 1.69. The second-order valence-electron chi connectivity index (χ2n) is 2.88. The van der Waals surface area contributed by atoms with Gasteiger partial charge in [-0.25, -0.2) is 0 Å². The second kappa shape index (κ2) is 7.60. The Labute approximate surface area is 90.1 Å². The molecule has 1 rings (SSSR count). The molecule has 0 saturated heterocycles. The average Bonchev–Trinajstić information content (AvgIpc) is 2.29. The minimum absolute atomic E-state index is 0.493. The molecule has 1 N–H and O–H groups in total. The topological polar surface area (TPSA) is 33.6 Å². The first kappa shape index (κ1) is 11.3. The summed E-state index contributed by atoms with van der Waals surface area (Å²) in [6.45, 7) is 1.66. The van der Waals surface area contributed by atoms with E-state index in [1.807, 2.05) is 30.3 Å². The monoisotopic (exact) mass is 202 g/mol. The molecule has 0 amide bonds. The van der Waals surface area contributed by atoms with Crippen LogP contribution in [0.3, 0.4) is 0 Å². The van der Waals surface area contributed by atoms with E-state index in [9.17, 15) is 0 Å². The van der Waals surface area contributed by atoms with Crippen molar-refractivity contribution in [3.05, 3.63) is 35.9 Å². The summed E-state index contributed by atoms with van der Waals surface area (Å²) < 4.78 is 0. The van der Waals surface area contributed by atoms with E-state index in [0.717, 1.165) is 5.56 Å². The van der Waals surface area contributed by atoms with Crippen molar-refractivity contribution >= 4 is 6.21 Å². The number of nitrogens with one attached hydrogen (secondary N) is 1. The third kappa shape index (κ3) is 5.50. The Bertz CT molecular complexity index is 327. The first-order valence-electron chi connectivity index (χ1n) is 4.75. The molecule has 3 nitrogen and oxygen atoms in total. The summed E-state index contributed by atoms with van der Waals surface area (Å²) in [5.41, 5.74) is 1.10. The van der Waals surface area contributed by atoms with Gasteiger partial charge in [-0.1, -0.05) is 41.4 Å². The SMILES string of the molecule is C#CCNC/C=N/OCc1ccccc1. The van der Waals surface area contributed by atoms with Crippen LogP contribution in [0.4, 0.5) is 0 Å². The first-order valence-corrected chi connectivity index (χ1v) is 4.75. The van der Waals surface area contributed by atoms with Crippen molar-refractivity contribution < 1.29 is 4.84 Å². The fourth-order valence-corrected chi connectivity index (χ4v) is 0.985. The summed E-state index contributed by atoms with van der Waals surface area (Å²) in [6, 6.07) is 9.89. The molecule has 1 aromatic rings. The van der Waals surface area contributed by atoms with Gasteiger partial charge in [0, 0.05) is 6.54 Å². The van der Waals surface area contributed by atoms with E-state index in [0.29, 0.717) is 19.7 Å². The Hall–Kier alpha value is -1.79. The molecular weight excluding hydrogens is 188 g/mol. The molecular formula is C12H14N2O. The van der Waals surface area contributed by atoms with Gasteiger partial charge in [0.1, 0.15) is 6.61 Å². The smallest absolute Gasteiger partial charge is 0.142 e. The zero-order valence-corrected chi connectivity index (χ0v) is 8.52. The number of hydrogen-bond donors (Lipinski definition) is 1. The van der Waals surface area contributed by atoms with E-state index >= 15 is 0 Å². The summed E-state index contributed by atoms with van der Waals surface area (Å²) in [6.07, 6.45) is 6.71. The Morgan fingerprint density at radius 3 is 2.93 bits per heavy atom. The number of terminal acetylenes is 1. The van der Waals surface area contributed by atoms with E-state index in [1.165, 1.54) is 0 Å². The maximum Gasteiger partial charge on any atom is 0.142 e. The van der Waals surface area contributed by atoms with Gasteiger partial charge < -0.3 is 10.2 Å². The molecule has 0 aliphatic carbocycles. The van der Waals surface area contributed by atoms with Gasteiger partial charge in [0.2, 0.25) is 0 Å². The fraction of sp³-hybridized carbons (Fsp3) is 0.250. The van der Waals surface area contributed by atoms with Crippen molar-refractivity contribution in [2.45, 2.75) is 6.61 Å². The molecule has 3 heteroatoms. The van der Waals surface area contributed by atoms with Crippen molar-refractivity contribution in [2.75, 3.05) is 13.1 Å². The molecule has 0 aliphatic rings. The molecule has 0 saturated carbocycles. The van der Waals surface area contributed by atoms with Crippen LogP contribution in [0, 0.1) is 12.3 Å². The van der Waals surface area contributed by atoms with Crippen molar-refractivity contribution in [3.8, 4) is 12.3 Å². The summed E-state index contributed by atoms with van der Waals surface area (Å²) in [7, 11) is 0. The summed E-state index contributed by atoms with van der Waals surface area (Å²) in [4.78, 5) is 5.08. The standard InChI is InChI=1S/C12H14N2O/c1-2-8-13-9-10-14-15-11-12-6-4-3-5-7-12/h1,3-7,10,13H,8-9,11H2/b14-10+. The van der Waals surface area contributed by atoms with Crippen molar-refractivity contribution in [2.24, 2.45) is 5.16 Å². The Morgan fingerprint density at radius 1 is 1.40 bits per heavy atom. The maximum absolute atomic E-state index is 5.08. The highest BCUT2D eigenvalue weighted by Crippen LogP contribution is 1.99. The lowest BCUT2D eigenvalue weighted by molar-refractivity contribution is 0.131. The van der Waals surface area contributed by atoms with Crippen LogP contribution in [-0.2, 0) is 11.4 Å². The predicted molar refractivity (Wildman–Crippen MR) is 61.4 cm³/mol. The second-order valence-corrected chi connectivity index (χ2v) is 2.88. The highest BCUT2D eigenvalue weighted by molar-refractivity contribution is 5.58. The van der Waals surface area contributed by atoms with Gasteiger partial charge in [0.15, 0.2) is 0 Å². The number of oxime groups is 1. The molecule has 0 unspecified atom stereocenters. The molecule has 0 aromatic heterocycles. The summed E-state index contributed by atoms with van der Waals surface area (Å²) in [5, 5.41) is 6.75. The van der Waals surface area contributed by atoms with Gasteiger partial charge in [0.05, 0.1) is 12.8 Å². The van der Waals surface area contributed by atoms with Gasteiger partial charge in [-0.2, -0.15) is 0 Å². The molecule has 0 heterocycles. The predicted octanol–water partition coefficient (Wildman–Crippen LogP) is 1.41. The summed E-state index contributed by atoms with van der Waals surface area (Å²) in [5.74, 6) is 2.47. The van der Waals surface area contributed by atoms with Gasteiger partial charge in [-0.15, -0.1) is 6.42 Å². The van der Waals surface area contributed by atoms with Gasteiger partial charge in [-0.3, -0.25) is 0 Å². The minimum atomic E-state index is 0.493. The van der Waals surface area contributed by atoms with E-state index in [4.69, 9.17) is 11.3 Å². The molecule has 0 fully saturated rings. The molecule has 0 bridgehead atoms. The maximum atomic E-state index is 5.08. The zero-order valence-electron chi connectivity index (χ0n) is 8.52. The van der Waals surface area contributed by atoms with Crippen LogP contribution in [0.2, 0.25) is 0 Å². The normalized spacial score (nSPS) is 10.1. The quantitative estimate of drug-likeness (QED) is 0.327. The van der Waals surface area contributed by atoms with E-state index in [2.05, 4.69) is 16.4 Å². The lowest BCUT2D eigenvalue weighted by Gasteiger charge is -1.98. The number of nitrogens with zero attached hydrogens (tertiary/aromatic N) is 1. The van der Waals surface area contributed by atoms with Crippen LogP contribution in [0.5, 0.6) is 0 Å². The molecule has 0 aliphatic heterocycles. The van der Waals surface area contributed by atoms with Crippen LogP contribution >= 0.6 is 0 Å². The molecule has 0 radical (unpaired) electrons. The largest absolute Gasteiger partial charge is 0.391 e. The third-order valence-corrected chi connectivity index (χ3v) is 1.69. The highest BCUT2D eigenvalue weighted by atomic mass is 16.6. The van der Waals surface area contributed by atoms with Gasteiger partial charge in [0.25, 0.3) is 0 Å². The van der Waals surface area contributed by atoms with E-state index < -0.39 is 0 Å². The Morgan fingerprint density at radius 2 is 2.20 bits per heavy atom. The van der Waals surface area contributed by atoms with Crippen molar-refractivity contribution in [1.29, 1.82) is 0 Å². The molecule has 1 aromatic carbocycles. The lowest BCUT2D eigenvalue weighted by atomic mass is 10.2. The van der Waals surface area contributed by atoms with E-state index in [-0.39, 0.29) is 0 Å². The Kier molecular flexibility index (Phi) is 5.72. The molecule has 0 atom stereocenters. The van der Waals surface area contributed by atoms with Crippen LogP contribution in [0.1, 0.15) is 5.56 Å². The number of benzene rings is 1. The van der Waals surface area contributed by atoms with Gasteiger partial charge >= 0.3 is 0 Å². The Balaban J connectivity index is 2.09.